The van der Waals surface area contributed by atoms with Gasteiger partial charge in [-0.05, 0) is 83.5 Å². The summed E-state index contributed by atoms with van der Waals surface area (Å²) in [6, 6.07) is 8.02. The lowest BCUT2D eigenvalue weighted by Crippen LogP contribution is -2.55. The Balaban J connectivity index is 1.71. The lowest BCUT2D eigenvalue weighted by atomic mass is 9.93. The molecular formula is C26H36N4O3. The van der Waals surface area contributed by atoms with Crippen molar-refractivity contribution in [3.63, 3.8) is 0 Å². The summed E-state index contributed by atoms with van der Waals surface area (Å²) in [5.41, 5.74) is 0.543. The second-order valence-corrected chi connectivity index (χ2v) is 10.3. The van der Waals surface area contributed by atoms with Gasteiger partial charge in [0.1, 0.15) is 11.4 Å². The molecule has 7 heteroatoms. The molecule has 1 N–H and O–H groups in total. The van der Waals surface area contributed by atoms with Crippen molar-refractivity contribution in [1.29, 1.82) is 0 Å². The van der Waals surface area contributed by atoms with Crippen LogP contribution in [0.5, 0.6) is 0 Å². The number of carbonyl (C=O) groups excluding carboxylic acids is 2. The first kappa shape index (κ1) is 23.5. The number of hydrogen-bond acceptors (Lipinski definition) is 5. The van der Waals surface area contributed by atoms with Gasteiger partial charge in [-0.1, -0.05) is 18.2 Å². The van der Waals surface area contributed by atoms with Gasteiger partial charge < -0.3 is 15.0 Å². The van der Waals surface area contributed by atoms with Crippen molar-refractivity contribution in [1.82, 2.24) is 15.2 Å². The molecule has 1 aromatic carbocycles. The molecule has 2 aliphatic heterocycles. The average molecular weight is 453 g/mol. The molecule has 2 aliphatic rings. The van der Waals surface area contributed by atoms with Crippen LogP contribution < -0.4 is 10.2 Å². The van der Waals surface area contributed by atoms with Gasteiger partial charge in [-0.3, -0.25) is 9.69 Å². The Morgan fingerprint density at radius 2 is 1.91 bits per heavy atom. The highest BCUT2D eigenvalue weighted by Crippen LogP contribution is 2.33. The molecule has 2 aromatic rings. The number of benzene rings is 1. The first-order valence-electron chi connectivity index (χ1n) is 12.1. The number of carbonyl (C=O) groups is 2. The molecule has 0 aliphatic carbocycles. The molecule has 2 saturated heterocycles. The van der Waals surface area contributed by atoms with E-state index < -0.39 is 5.60 Å². The van der Waals surface area contributed by atoms with Crippen LogP contribution in [0.1, 0.15) is 52.0 Å². The summed E-state index contributed by atoms with van der Waals surface area (Å²) in [6.45, 7) is 10.5. The van der Waals surface area contributed by atoms with Gasteiger partial charge >= 0.3 is 6.09 Å². The average Bonchev–Trinajstić information content (AvgIpc) is 2.79. The summed E-state index contributed by atoms with van der Waals surface area (Å²) >= 11 is 0. The Kier molecular flexibility index (Phi) is 6.88. The molecule has 0 bridgehead atoms. The number of fused-ring (bicyclic) bond motifs is 1. The molecule has 0 radical (unpaired) electrons. The van der Waals surface area contributed by atoms with Crippen molar-refractivity contribution in [3.8, 4) is 0 Å². The topological polar surface area (TPSA) is 74.8 Å². The predicted molar refractivity (Wildman–Crippen MR) is 130 cm³/mol. The van der Waals surface area contributed by atoms with Gasteiger partial charge in [0.05, 0.1) is 6.04 Å². The van der Waals surface area contributed by atoms with Crippen molar-refractivity contribution in [2.45, 2.75) is 65.0 Å². The number of amides is 2. The lowest BCUT2D eigenvalue weighted by molar-refractivity contribution is -0.124. The number of hydrogen-bond donors (Lipinski definition) is 1. The van der Waals surface area contributed by atoms with E-state index >= 15 is 0 Å². The van der Waals surface area contributed by atoms with E-state index in [2.05, 4.69) is 24.4 Å². The molecule has 3 heterocycles. The van der Waals surface area contributed by atoms with Crippen LogP contribution in [0.15, 0.2) is 30.5 Å². The molecule has 2 fully saturated rings. The minimum Gasteiger partial charge on any atom is -0.444 e. The minimum absolute atomic E-state index is 0.0378. The molecule has 0 spiro atoms. The summed E-state index contributed by atoms with van der Waals surface area (Å²) < 4.78 is 5.64. The number of piperidine rings is 2. The Morgan fingerprint density at radius 1 is 1.15 bits per heavy atom. The summed E-state index contributed by atoms with van der Waals surface area (Å²) in [5, 5.41) is 5.44. The molecule has 1 aromatic heterocycles. The molecule has 0 saturated carbocycles. The van der Waals surface area contributed by atoms with Crippen LogP contribution in [0.3, 0.4) is 0 Å². The van der Waals surface area contributed by atoms with Crippen LogP contribution in [0, 0.1) is 12.8 Å². The van der Waals surface area contributed by atoms with Crippen molar-refractivity contribution in [2.24, 2.45) is 5.92 Å². The fourth-order valence-electron chi connectivity index (χ4n) is 4.95. The zero-order valence-corrected chi connectivity index (χ0v) is 20.3. The number of rotatable bonds is 3. The van der Waals surface area contributed by atoms with Gasteiger partial charge in [0.2, 0.25) is 5.91 Å². The van der Waals surface area contributed by atoms with Gasteiger partial charge in [-0.25, -0.2) is 9.78 Å². The van der Waals surface area contributed by atoms with Crippen molar-refractivity contribution in [3.05, 3.63) is 36.0 Å². The molecule has 0 unspecified atom stereocenters. The monoisotopic (exact) mass is 452 g/mol. The van der Waals surface area contributed by atoms with Crippen LogP contribution in [-0.2, 0) is 9.53 Å². The Labute approximate surface area is 196 Å². The van der Waals surface area contributed by atoms with E-state index in [0.29, 0.717) is 18.9 Å². The van der Waals surface area contributed by atoms with Gasteiger partial charge in [0.25, 0.3) is 0 Å². The second-order valence-electron chi connectivity index (χ2n) is 10.3. The Morgan fingerprint density at radius 3 is 2.64 bits per heavy atom. The number of nitrogens with zero attached hydrogens (tertiary/aromatic N) is 3. The number of pyridine rings is 1. The van der Waals surface area contributed by atoms with E-state index in [1.54, 1.807) is 11.1 Å². The molecule has 4 rings (SSSR count). The summed E-state index contributed by atoms with van der Waals surface area (Å²) in [6.07, 6.45) is 4.77. The molecule has 2 amide bonds. The van der Waals surface area contributed by atoms with Gasteiger partial charge in [-0.15, -0.1) is 0 Å². The second kappa shape index (κ2) is 9.67. The third kappa shape index (κ3) is 5.29. The maximum absolute atomic E-state index is 14.0. The highest BCUT2D eigenvalue weighted by atomic mass is 16.6. The van der Waals surface area contributed by atoms with E-state index in [1.807, 2.05) is 37.8 Å². The minimum atomic E-state index is -0.553. The van der Waals surface area contributed by atoms with Crippen molar-refractivity contribution >= 4 is 28.6 Å². The van der Waals surface area contributed by atoms with E-state index in [4.69, 9.17) is 9.72 Å². The highest BCUT2D eigenvalue weighted by Gasteiger charge is 2.37. The third-order valence-corrected chi connectivity index (χ3v) is 6.55. The first-order valence-corrected chi connectivity index (χ1v) is 12.1. The van der Waals surface area contributed by atoms with Crippen molar-refractivity contribution in [2.75, 3.05) is 31.1 Å². The SMILES string of the molecule is Cc1cccc2ccnc(N(C(=O)C3CCNCC3)[C@@H]3CCCN(C(=O)OC(C)(C)C)C3)c12. The Hall–Kier alpha value is -2.67. The number of aryl methyl sites for hydroxylation is 1. The number of ether oxygens (including phenoxy) is 1. The van der Waals surface area contributed by atoms with E-state index in [1.165, 1.54) is 0 Å². The van der Waals surface area contributed by atoms with Crippen molar-refractivity contribution < 1.29 is 14.3 Å². The fraction of sp³-hybridized carbons (Fsp3) is 0.577. The fourth-order valence-corrected chi connectivity index (χ4v) is 4.95. The van der Waals surface area contributed by atoms with Gasteiger partial charge in [0, 0.05) is 30.6 Å². The number of likely N-dealkylation sites (tertiary alicyclic amines) is 1. The molecule has 178 valence electrons. The smallest absolute Gasteiger partial charge is 0.410 e. The van der Waals surface area contributed by atoms with Crippen LogP contribution in [0.2, 0.25) is 0 Å². The van der Waals surface area contributed by atoms with Crippen LogP contribution in [-0.4, -0.2) is 59.7 Å². The van der Waals surface area contributed by atoms with Crippen LogP contribution in [0.25, 0.3) is 10.8 Å². The Bertz CT molecular complexity index is 1010. The van der Waals surface area contributed by atoms with Gasteiger partial charge in [-0.2, -0.15) is 0 Å². The first-order chi connectivity index (χ1) is 15.7. The zero-order valence-electron chi connectivity index (χ0n) is 20.3. The largest absolute Gasteiger partial charge is 0.444 e. The molecule has 1 atom stereocenters. The summed E-state index contributed by atoms with van der Waals surface area (Å²) in [7, 11) is 0. The summed E-state index contributed by atoms with van der Waals surface area (Å²) in [5.74, 6) is 0.796. The maximum atomic E-state index is 14.0. The number of anilines is 1. The standard InChI is InChI=1S/C26H36N4O3/c1-18-7-5-8-19-12-15-28-23(22(18)19)30(24(31)20-10-13-27-14-11-20)21-9-6-16-29(17-21)25(32)33-26(2,3)4/h5,7-8,12,15,20-21,27H,6,9-11,13-14,16-17H2,1-4H3/t21-/m1/s1. The zero-order chi connectivity index (χ0) is 23.6. The third-order valence-electron chi connectivity index (χ3n) is 6.55. The van der Waals surface area contributed by atoms with Crippen LogP contribution >= 0.6 is 0 Å². The predicted octanol–water partition coefficient (Wildman–Crippen LogP) is 4.28. The summed E-state index contributed by atoms with van der Waals surface area (Å²) in [4.78, 5) is 35.2. The number of aromatic nitrogens is 1. The molecule has 33 heavy (non-hydrogen) atoms. The highest BCUT2D eigenvalue weighted by molar-refractivity contribution is 6.04. The molecule has 7 nitrogen and oxygen atoms in total. The van der Waals surface area contributed by atoms with Gasteiger partial charge in [0.15, 0.2) is 0 Å². The molecular weight excluding hydrogens is 416 g/mol. The van der Waals surface area contributed by atoms with Crippen LogP contribution in [0.4, 0.5) is 10.6 Å². The maximum Gasteiger partial charge on any atom is 0.410 e. The van der Waals surface area contributed by atoms with E-state index in [9.17, 15) is 9.59 Å². The quantitative estimate of drug-likeness (QED) is 0.753. The number of nitrogens with one attached hydrogen (secondary N) is 1. The van der Waals surface area contributed by atoms with E-state index in [0.717, 1.165) is 55.1 Å². The lowest BCUT2D eigenvalue weighted by Gasteiger charge is -2.41. The van der Waals surface area contributed by atoms with E-state index in [-0.39, 0.29) is 24.0 Å². The normalized spacial score (nSPS) is 20.0.